The summed E-state index contributed by atoms with van der Waals surface area (Å²) in [5.74, 6) is 17.9. The minimum atomic E-state index is 0.840. The molecule has 0 N–H and O–H groups in total. The van der Waals surface area contributed by atoms with E-state index >= 15 is 0 Å². The van der Waals surface area contributed by atoms with Crippen LogP contribution in [0.5, 0.6) is 0 Å². The number of aryl methyl sites for hydroxylation is 2. The lowest BCUT2D eigenvalue weighted by Crippen LogP contribution is -2.24. The lowest BCUT2D eigenvalue weighted by atomic mass is 9.68. The summed E-state index contributed by atoms with van der Waals surface area (Å²) in [5, 5.41) is 0. The van der Waals surface area contributed by atoms with Gasteiger partial charge in [0, 0.05) is 0 Å². The van der Waals surface area contributed by atoms with E-state index in [1.807, 2.05) is 0 Å². The number of hydrogen-bond donors (Lipinski definition) is 0. The van der Waals surface area contributed by atoms with Crippen LogP contribution in [-0.2, 0) is 0 Å². The van der Waals surface area contributed by atoms with Gasteiger partial charge < -0.3 is 0 Å². The zero-order valence-corrected chi connectivity index (χ0v) is 56.3. The molecule has 2 aromatic carbocycles. The summed E-state index contributed by atoms with van der Waals surface area (Å²) in [6.45, 7) is 36.8. The molecule has 8 aliphatic carbocycles. The summed E-state index contributed by atoms with van der Waals surface area (Å²) < 4.78 is 0. The van der Waals surface area contributed by atoms with E-state index in [2.05, 4.69) is 152 Å². The third-order valence-electron chi connectivity index (χ3n) is 23.9. The highest BCUT2D eigenvalue weighted by atomic mass is 14.4. The van der Waals surface area contributed by atoms with Crippen molar-refractivity contribution in [3.8, 4) is 0 Å². The molecule has 458 valence electrons. The molecule has 0 heteroatoms. The molecule has 0 heterocycles. The molecule has 8 aliphatic rings. The maximum absolute atomic E-state index is 4.00. The monoisotopic (exact) mass is 1100 g/mol. The summed E-state index contributed by atoms with van der Waals surface area (Å²) in [7, 11) is 0. The van der Waals surface area contributed by atoms with E-state index in [0.29, 0.717) is 0 Å². The smallest absolute Gasteiger partial charge is 0.0162 e. The summed E-state index contributed by atoms with van der Waals surface area (Å²) in [5.41, 5.74) is 7.30. The minimum absolute atomic E-state index is 0.840. The molecule has 0 saturated heterocycles. The van der Waals surface area contributed by atoms with Gasteiger partial charge in [-0.1, -0.05) is 251 Å². The molecule has 8 fully saturated rings. The van der Waals surface area contributed by atoms with Gasteiger partial charge in [-0.15, -0.1) is 0 Å². The van der Waals surface area contributed by atoms with Gasteiger partial charge >= 0.3 is 0 Å². The third-order valence-corrected chi connectivity index (χ3v) is 23.9. The van der Waals surface area contributed by atoms with E-state index < -0.39 is 0 Å². The molecule has 0 bridgehead atoms. The van der Waals surface area contributed by atoms with Crippen molar-refractivity contribution in [2.45, 2.75) is 327 Å². The molecule has 0 spiro atoms. The first kappa shape index (κ1) is 69.0. The van der Waals surface area contributed by atoms with Crippen LogP contribution in [0.25, 0.3) is 0 Å². The molecule has 2 aromatic rings. The molecule has 8 saturated carbocycles. The van der Waals surface area contributed by atoms with Gasteiger partial charge in [0.05, 0.1) is 0 Å². The molecule has 10 rings (SSSR count). The summed E-state index contributed by atoms with van der Waals surface area (Å²) in [6, 6.07) is 18.4. The van der Waals surface area contributed by atoms with E-state index in [-0.39, 0.29) is 0 Å². The molecular formula is C80H138. The molecule has 0 atom stereocenters. The first-order chi connectivity index (χ1) is 38.4. The van der Waals surface area contributed by atoms with Crippen molar-refractivity contribution in [2.75, 3.05) is 0 Å². The van der Waals surface area contributed by atoms with Crippen LogP contribution in [0.15, 0.2) is 60.7 Å². The van der Waals surface area contributed by atoms with Crippen molar-refractivity contribution in [3.63, 3.8) is 0 Å². The van der Waals surface area contributed by atoms with Crippen molar-refractivity contribution in [1.29, 1.82) is 0 Å². The van der Waals surface area contributed by atoms with Gasteiger partial charge in [-0.3, -0.25) is 0 Å². The standard InChI is InChI=1S/C20H30.C14H26.C14H20.C12H24.C10H20.C10H18/c1-15-3-7-17(8-4-15)19-11-13-20(14-12-19)18-9-5-16(2)6-10-18;2*1-11-3-7-13(8-4-11)14-9-5-12(2)6-10-14;1-4-11(5-2)12-8-6-10(3)7-9-12;2*1-8(2)10-6-4-9(3)5-7-10/h3-4,7-8,16,18-20H,5-6,9-14H2,1-2H3;11-14H,3-10H2,1-2H3;3-4,7-8,12,14H,5-6,9-10H2,1-2H3;10-12H,4-9H2,1-3H3;8-10H,4-7H2,1-3H3;9-10H,1,4-7H2,2-3H3. The topological polar surface area (TPSA) is 0 Å². The van der Waals surface area contributed by atoms with E-state index in [9.17, 15) is 0 Å². The molecule has 0 aromatic heterocycles. The van der Waals surface area contributed by atoms with Crippen LogP contribution >= 0.6 is 0 Å². The number of allylic oxidation sites excluding steroid dienone is 1. The number of benzene rings is 2. The predicted molar refractivity (Wildman–Crippen MR) is 358 cm³/mol. The number of hydrogen-bond acceptors (Lipinski definition) is 0. The zero-order valence-electron chi connectivity index (χ0n) is 56.3. The van der Waals surface area contributed by atoms with Crippen LogP contribution in [0.3, 0.4) is 0 Å². The minimum Gasteiger partial charge on any atom is -0.0999 e. The van der Waals surface area contributed by atoms with Crippen LogP contribution in [-0.4, -0.2) is 0 Å². The summed E-state index contributed by atoms with van der Waals surface area (Å²) in [4.78, 5) is 0. The van der Waals surface area contributed by atoms with Crippen molar-refractivity contribution in [2.24, 2.45) is 94.7 Å². The van der Waals surface area contributed by atoms with Crippen LogP contribution in [0.2, 0.25) is 0 Å². The Kier molecular flexibility index (Phi) is 32.4. The average Bonchev–Trinajstić information content (AvgIpc) is 3.47. The quantitative estimate of drug-likeness (QED) is 0.220. The first-order valence-corrected chi connectivity index (χ1v) is 36.2. The van der Waals surface area contributed by atoms with E-state index in [0.717, 1.165) is 107 Å². The molecule has 0 nitrogen and oxygen atoms in total. The lowest BCUT2D eigenvalue weighted by Gasteiger charge is -2.37. The van der Waals surface area contributed by atoms with Crippen molar-refractivity contribution < 1.29 is 0 Å². The Hall–Kier alpha value is -1.82. The van der Waals surface area contributed by atoms with Crippen LogP contribution < -0.4 is 0 Å². The van der Waals surface area contributed by atoms with Gasteiger partial charge in [-0.05, 0) is 254 Å². The van der Waals surface area contributed by atoms with Gasteiger partial charge in [-0.25, -0.2) is 0 Å². The van der Waals surface area contributed by atoms with E-state index in [1.54, 1.807) is 36.8 Å². The second kappa shape index (κ2) is 37.6. The van der Waals surface area contributed by atoms with Gasteiger partial charge in [0.2, 0.25) is 0 Å². The second-order valence-electron chi connectivity index (χ2n) is 31.1. The van der Waals surface area contributed by atoms with Crippen molar-refractivity contribution >= 4 is 0 Å². The SMILES string of the molecule is C=C(C)C1CCC(C)CC1.CC1CCC(C(C)C)CC1.CC1CCC(C2CCC(C)CC2)CC1.CCC(CC)C1CCC(C)CC1.Cc1ccc(C2CCC(C)CC2)cc1.Cc1ccc(C2CCC(C3CCC(C)CC3)CC2)cc1. The lowest BCUT2D eigenvalue weighted by molar-refractivity contribution is 0.155. The Morgan fingerprint density at radius 2 is 0.588 bits per heavy atom. The Balaban J connectivity index is 0.000000180. The Labute approximate surface area is 502 Å². The molecule has 0 unspecified atom stereocenters. The average molecular weight is 1100 g/mol. The van der Waals surface area contributed by atoms with Gasteiger partial charge in [-0.2, -0.15) is 0 Å². The maximum Gasteiger partial charge on any atom is -0.0162 e. The van der Waals surface area contributed by atoms with Crippen LogP contribution in [0.1, 0.15) is 335 Å². The molecular weight excluding hydrogens is 961 g/mol. The fourth-order valence-corrected chi connectivity index (χ4v) is 16.9. The van der Waals surface area contributed by atoms with Gasteiger partial charge in [0.25, 0.3) is 0 Å². The third kappa shape index (κ3) is 25.4. The second-order valence-corrected chi connectivity index (χ2v) is 31.1. The summed E-state index contributed by atoms with van der Waals surface area (Å²) >= 11 is 0. The molecule has 80 heavy (non-hydrogen) atoms. The highest BCUT2D eigenvalue weighted by Gasteiger charge is 2.32. The van der Waals surface area contributed by atoms with Crippen LogP contribution in [0, 0.1) is 109 Å². The fourth-order valence-electron chi connectivity index (χ4n) is 16.9. The highest BCUT2D eigenvalue weighted by Crippen LogP contribution is 2.45. The Morgan fingerprint density at radius 1 is 0.350 bits per heavy atom. The van der Waals surface area contributed by atoms with E-state index in [4.69, 9.17) is 0 Å². The fraction of sp³-hybridized carbons (Fsp3) is 0.825. The predicted octanol–water partition coefficient (Wildman–Crippen LogP) is 26.1. The summed E-state index contributed by atoms with van der Waals surface area (Å²) in [6.07, 6.45) is 50.0. The Bertz CT molecular complexity index is 1790. The normalized spacial score (nSPS) is 34.6. The molecule has 0 radical (unpaired) electrons. The largest absolute Gasteiger partial charge is 0.0999 e. The van der Waals surface area contributed by atoms with Crippen LogP contribution in [0.4, 0.5) is 0 Å². The van der Waals surface area contributed by atoms with Crippen molar-refractivity contribution in [1.82, 2.24) is 0 Å². The zero-order chi connectivity index (χ0) is 58.0. The Morgan fingerprint density at radius 3 is 0.863 bits per heavy atom. The van der Waals surface area contributed by atoms with Gasteiger partial charge in [0.15, 0.2) is 0 Å². The maximum atomic E-state index is 4.00. The highest BCUT2D eigenvalue weighted by molar-refractivity contribution is 5.26. The molecule has 0 amide bonds. The number of rotatable bonds is 9. The van der Waals surface area contributed by atoms with Crippen molar-refractivity contribution in [3.05, 3.63) is 82.9 Å². The van der Waals surface area contributed by atoms with E-state index in [1.165, 1.54) is 209 Å². The van der Waals surface area contributed by atoms with Gasteiger partial charge in [0.1, 0.15) is 0 Å². The molecule has 0 aliphatic heterocycles. The first-order valence-electron chi connectivity index (χ1n) is 36.2.